The Hall–Kier alpha value is -2.76. The Morgan fingerprint density at radius 3 is 2.32 bits per heavy atom. The molecule has 1 heterocycles. The number of aryl methyl sites for hydroxylation is 2. The Bertz CT molecular complexity index is 1090. The van der Waals surface area contributed by atoms with Gasteiger partial charge in [-0.15, -0.1) is 11.8 Å². The first-order valence-corrected chi connectivity index (χ1v) is 11.5. The smallest absolute Gasteiger partial charge is 0.255 e. The molecule has 0 aliphatic carbocycles. The fraction of sp³-hybridized carbons (Fsp3) is 0.200. The number of nitrogens with zero attached hydrogens (tertiary/aromatic N) is 1. The maximum Gasteiger partial charge on any atom is 0.255 e. The molecule has 1 fully saturated rings. The average Bonchev–Trinajstić information content (AvgIpc) is 3.12. The van der Waals surface area contributed by atoms with E-state index in [-0.39, 0.29) is 17.2 Å². The summed E-state index contributed by atoms with van der Waals surface area (Å²) in [6, 6.07) is 21.0. The van der Waals surface area contributed by atoms with E-state index in [2.05, 4.69) is 5.32 Å². The number of benzene rings is 3. The molecule has 1 N–H and O–H groups in total. The summed E-state index contributed by atoms with van der Waals surface area (Å²) in [4.78, 5) is 27.1. The van der Waals surface area contributed by atoms with Gasteiger partial charge in [0, 0.05) is 22.8 Å². The van der Waals surface area contributed by atoms with Crippen molar-refractivity contribution >= 4 is 40.9 Å². The standard InChI is InChI=1S/C25H23ClN2O2S/c1-16-4-3-5-17(2)23(16)27-24(30)19-8-10-20(11-9-19)25-28(22(29)15-31-25)14-18-6-12-21(26)13-7-18/h3-13,25H,14-15H2,1-2H3,(H,27,30)/t25-/m0/s1. The van der Waals surface area contributed by atoms with E-state index in [0.717, 1.165) is 27.9 Å². The zero-order valence-corrected chi connectivity index (χ0v) is 19.0. The lowest BCUT2D eigenvalue weighted by molar-refractivity contribution is -0.128. The topological polar surface area (TPSA) is 49.4 Å². The molecule has 1 saturated heterocycles. The number of carbonyl (C=O) groups excluding carboxylic acids is 2. The lowest BCUT2D eigenvalue weighted by Crippen LogP contribution is -2.27. The number of hydrogen-bond donors (Lipinski definition) is 1. The summed E-state index contributed by atoms with van der Waals surface area (Å²) in [5.74, 6) is 0.423. The fourth-order valence-electron chi connectivity index (χ4n) is 3.68. The third kappa shape index (κ3) is 4.78. The molecule has 4 nitrogen and oxygen atoms in total. The summed E-state index contributed by atoms with van der Waals surface area (Å²) in [6.07, 6.45) is 0. The molecule has 158 valence electrons. The summed E-state index contributed by atoms with van der Waals surface area (Å²) in [6.45, 7) is 4.49. The number of para-hydroxylation sites is 1. The fourth-order valence-corrected chi connectivity index (χ4v) is 5.00. The third-order valence-electron chi connectivity index (χ3n) is 5.41. The number of thioether (sulfide) groups is 1. The van der Waals surface area contributed by atoms with Crippen molar-refractivity contribution < 1.29 is 9.59 Å². The number of anilines is 1. The SMILES string of the molecule is Cc1cccc(C)c1NC(=O)c1ccc([C@@H]2SCC(=O)N2Cc2ccc(Cl)cc2)cc1. The summed E-state index contributed by atoms with van der Waals surface area (Å²) in [7, 11) is 0. The van der Waals surface area contributed by atoms with Crippen LogP contribution in [-0.4, -0.2) is 22.5 Å². The molecule has 1 atom stereocenters. The van der Waals surface area contributed by atoms with Crippen molar-refractivity contribution in [2.75, 3.05) is 11.1 Å². The van der Waals surface area contributed by atoms with Crippen LogP contribution in [0.25, 0.3) is 0 Å². The van der Waals surface area contributed by atoms with E-state index in [9.17, 15) is 9.59 Å². The van der Waals surface area contributed by atoms with E-state index < -0.39 is 0 Å². The van der Waals surface area contributed by atoms with Crippen molar-refractivity contribution in [2.24, 2.45) is 0 Å². The predicted octanol–water partition coefficient (Wildman–Crippen LogP) is 5.98. The Labute approximate surface area is 191 Å². The molecule has 4 rings (SSSR count). The molecule has 0 aromatic heterocycles. The molecule has 0 unspecified atom stereocenters. The molecule has 1 aliphatic rings. The highest BCUT2D eigenvalue weighted by molar-refractivity contribution is 8.00. The largest absolute Gasteiger partial charge is 0.322 e. The molecular weight excluding hydrogens is 428 g/mol. The van der Waals surface area contributed by atoms with Crippen LogP contribution in [-0.2, 0) is 11.3 Å². The summed E-state index contributed by atoms with van der Waals surface area (Å²) in [5, 5.41) is 3.62. The van der Waals surface area contributed by atoms with Crippen molar-refractivity contribution in [1.82, 2.24) is 4.90 Å². The maximum absolute atomic E-state index is 12.7. The number of nitrogens with one attached hydrogen (secondary N) is 1. The molecule has 1 aliphatic heterocycles. The molecular formula is C25H23ClN2O2S. The van der Waals surface area contributed by atoms with E-state index >= 15 is 0 Å². The molecule has 0 radical (unpaired) electrons. The summed E-state index contributed by atoms with van der Waals surface area (Å²) < 4.78 is 0. The first-order valence-electron chi connectivity index (χ1n) is 10.1. The molecule has 0 spiro atoms. The Morgan fingerprint density at radius 1 is 1.03 bits per heavy atom. The zero-order chi connectivity index (χ0) is 22.0. The minimum Gasteiger partial charge on any atom is -0.322 e. The number of rotatable bonds is 5. The average molecular weight is 451 g/mol. The molecule has 3 aromatic carbocycles. The van der Waals surface area contributed by atoms with Crippen molar-refractivity contribution in [2.45, 2.75) is 25.8 Å². The van der Waals surface area contributed by atoms with Crippen LogP contribution in [0.3, 0.4) is 0 Å². The van der Waals surface area contributed by atoms with E-state index in [1.807, 2.05) is 85.5 Å². The van der Waals surface area contributed by atoms with Crippen LogP contribution in [0.1, 0.15) is 38.0 Å². The highest BCUT2D eigenvalue weighted by Crippen LogP contribution is 2.39. The van der Waals surface area contributed by atoms with Gasteiger partial charge in [-0.3, -0.25) is 9.59 Å². The van der Waals surface area contributed by atoms with Crippen molar-refractivity contribution in [3.63, 3.8) is 0 Å². The van der Waals surface area contributed by atoms with E-state index in [0.29, 0.717) is 22.9 Å². The molecule has 2 amide bonds. The summed E-state index contributed by atoms with van der Waals surface area (Å²) >= 11 is 7.58. The van der Waals surface area contributed by atoms with E-state index in [1.54, 1.807) is 11.8 Å². The van der Waals surface area contributed by atoms with Gasteiger partial charge in [0.05, 0.1) is 5.75 Å². The minimum atomic E-state index is -0.142. The van der Waals surface area contributed by atoms with Gasteiger partial charge in [-0.2, -0.15) is 0 Å². The predicted molar refractivity (Wildman–Crippen MR) is 128 cm³/mol. The van der Waals surface area contributed by atoms with Crippen LogP contribution in [0.15, 0.2) is 66.7 Å². The Balaban J connectivity index is 1.49. The lowest BCUT2D eigenvalue weighted by Gasteiger charge is -2.24. The van der Waals surface area contributed by atoms with Crippen LogP contribution >= 0.6 is 23.4 Å². The van der Waals surface area contributed by atoms with Crippen LogP contribution in [0.4, 0.5) is 5.69 Å². The second kappa shape index (κ2) is 9.16. The van der Waals surface area contributed by atoms with Gasteiger partial charge in [-0.05, 0) is 60.4 Å². The molecule has 31 heavy (non-hydrogen) atoms. The minimum absolute atomic E-state index is 0.0705. The zero-order valence-electron chi connectivity index (χ0n) is 17.4. The van der Waals surface area contributed by atoms with E-state index in [4.69, 9.17) is 11.6 Å². The highest BCUT2D eigenvalue weighted by atomic mass is 35.5. The van der Waals surface area contributed by atoms with Crippen molar-refractivity contribution in [3.05, 3.63) is 99.6 Å². The first kappa shape index (κ1) is 21.5. The van der Waals surface area contributed by atoms with Gasteiger partial charge >= 0.3 is 0 Å². The Morgan fingerprint density at radius 2 is 1.68 bits per heavy atom. The van der Waals surface area contributed by atoms with Gasteiger partial charge in [-0.25, -0.2) is 0 Å². The van der Waals surface area contributed by atoms with Gasteiger partial charge in [0.1, 0.15) is 5.37 Å². The van der Waals surface area contributed by atoms with Crippen LogP contribution in [0.2, 0.25) is 5.02 Å². The molecule has 0 saturated carbocycles. The Kier molecular flexibility index (Phi) is 6.35. The van der Waals surface area contributed by atoms with Crippen LogP contribution in [0, 0.1) is 13.8 Å². The summed E-state index contributed by atoms with van der Waals surface area (Å²) in [5.41, 5.74) is 5.54. The number of carbonyl (C=O) groups is 2. The normalized spacial score (nSPS) is 15.9. The second-order valence-electron chi connectivity index (χ2n) is 7.65. The van der Waals surface area contributed by atoms with Gasteiger partial charge in [0.25, 0.3) is 5.91 Å². The van der Waals surface area contributed by atoms with Gasteiger partial charge in [0.15, 0.2) is 0 Å². The van der Waals surface area contributed by atoms with Gasteiger partial charge in [-0.1, -0.05) is 54.1 Å². The van der Waals surface area contributed by atoms with E-state index in [1.165, 1.54) is 0 Å². The van der Waals surface area contributed by atoms with Gasteiger partial charge < -0.3 is 10.2 Å². The molecule has 3 aromatic rings. The van der Waals surface area contributed by atoms with Gasteiger partial charge in [0.2, 0.25) is 5.91 Å². The number of halogens is 1. The lowest BCUT2D eigenvalue weighted by atomic mass is 10.1. The van der Waals surface area contributed by atoms with Crippen molar-refractivity contribution in [3.8, 4) is 0 Å². The van der Waals surface area contributed by atoms with Crippen molar-refractivity contribution in [1.29, 1.82) is 0 Å². The van der Waals surface area contributed by atoms with Crippen LogP contribution in [0.5, 0.6) is 0 Å². The second-order valence-corrected chi connectivity index (χ2v) is 9.16. The highest BCUT2D eigenvalue weighted by Gasteiger charge is 2.32. The molecule has 6 heteroatoms. The first-order chi connectivity index (χ1) is 14.9. The van der Waals surface area contributed by atoms with Crippen LogP contribution < -0.4 is 5.32 Å². The number of amides is 2. The maximum atomic E-state index is 12.7. The molecule has 0 bridgehead atoms. The number of hydrogen-bond acceptors (Lipinski definition) is 3. The quantitative estimate of drug-likeness (QED) is 0.519. The third-order valence-corrected chi connectivity index (χ3v) is 6.92. The monoisotopic (exact) mass is 450 g/mol.